The summed E-state index contributed by atoms with van der Waals surface area (Å²) in [5.74, 6) is -0.202. The number of halogens is 1. The third-order valence-corrected chi connectivity index (χ3v) is 6.09. The quantitative estimate of drug-likeness (QED) is 0.594. The summed E-state index contributed by atoms with van der Waals surface area (Å²) in [6.45, 7) is 4.53. The molecule has 3 aromatic carbocycles. The molecule has 30 heavy (non-hydrogen) atoms. The van der Waals surface area contributed by atoms with Gasteiger partial charge in [-0.15, -0.1) is 0 Å². The maximum absolute atomic E-state index is 13.2. The third kappa shape index (κ3) is 4.22. The van der Waals surface area contributed by atoms with Crippen LogP contribution in [0, 0.1) is 17.1 Å². The Kier molecular flexibility index (Phi) is 6.11. The van der Waals surface area contributed by atoms with E-state index in [1.54, 1.807) is 0 Å². The molecule has 152 valence electrons. The minimum Gasteiger partial charge on any atom is -0.369 e. The molecule has 1 aliphatic rings. The van der Waals surface area contributed by atoms with E-state index in [0.29, 0.717) is 0 Å². The smallest absolute Gasteiger partial charge is 0.123 e. The Hall–Kier alpha value is -3.16. The van der Waals surface area contributed by atoms with Crippen LogP contribution in [0.3, 0.4) is 0 Å². The van der Waals surface area contributed by atoms with E-state index in [1.165, 1.54) is 12.1 Å². The van der Waals surface area contributed by atoms with Gasteiger partial charge in [0, 0.05) is 38.4 Å². The zero-order valence-corrected chi connectivity index (χ0v) is 17.0. The summed E-state index contributed by atoms with van der Waals surface area (Å²) in [4.78, 5) is 4.72. The van der Waals surface area contributed by atoms with Crippen molar-refractivity contribution in [3.63, 3.8) is 0 Å². The number of benzene rings is 3. The number of nitriles is 1. The lowest BCUT2D eigenvalue weighted by atomic mass is 9.73. The summed E-state index contributed by atoms with van der Waals surface area (Å²) in [6, 6.07) is 29.6. The largest absolute Gasteiger partial charge is 0.369 e. The van der Waals surface area contributed by atoms with Crippen molar-refractivity contribution in [3.8, 4) is 6.07 Å². The van der Waals surface area contributed by atoms with E-state index in [2.05, 4.69) is 40.1 Å². The van der Waals surface area contributed by atoms with Crippen molar-refractivity contribution in [2.45, 2.75) is 11.8 Å². The molecule has 1 aliphatic heterocycles. The highest BCUT2D eigenvalue weighted by molar-refractivity contribution is 5.47. The molecule has 1 fully saturated rings. The van der Waals surface area contributed by atoms with Crippen molar-refractivity contribution in [2.75, 3.05) is 37.6 Å². The summed E-state index contributed by atoms with van der Waals surface area (Å²) in [6.07, 6.45) is 0.744. The SMILES string of the molecule is N#CC(CCN1CCN(c2ccc(F)cc2)CC1)(c1ccccc1)c1ccccc1. The average Bonchev–Trinajstić information content (AvgIpc) is 2.82. The second kappa shape index (κ2) is 9.11. The molecule has 0 bridgehead atoms. The zero-order valence-electron chi connectivity index (χ0n) is 17.0. The standard InChI is InChI=1S/C26H26FN3/c27-24-11-13-25(14-12-24)30-19-17-29(18-20-30)16-15-26(21-28,22-7-3-1-4-8-22)23-9-5-2-6-10-23/h1-14H,15-20H2. The van der Waals surface area contributed by atoms with Gasteiger partial charge in [-0.25, -0.2) is 4.39 Å². The first kappa shape index (κ1) is 20.1. The molecule has 3 nitrogen and oxygen atoms in total. The molecule has 0 N–H and O–H groups in total. The molecule has 0 aliphatic carbocycles. The highest BCUT2D eigenvalue weighted by Gasteiger charge is 2.35. The van der Waals surface area contributed by atoms with Gasteiger partial charge >= 0.3 is 0 Å². The normalized spacial score (nSPS) is 15.0. The molecule has 0 radical (unpaired) electrons. The molecule has 0 amide bonds. The molecule has 1 saturated heterocycles. The second-order valence-electron chi connectivity index (χ2n) is 7.80. The number of hydrogen-bond donors (Lipinski definition) is 0. The lowest BCUT2D eigenvalue weighted by Crippen LogP contribution is -2.47. The monoisotopic (exact) mass is 399 g/mol. The lowest BCUT2D eigenvalue weighted by Gasteiger charge is -2.38. The van der Waals surface area contributed by atoms with E-state index < -0.39 is 5.41 Å². The van der Waals surface area contributed by atoms with Gasteiger partial charge in [0.15, 0.2) is 0 Å². The molecule has 0 spiro atoms. The Morgan fingerprint density at radius 2 is 1.30 bits per heavy atom. The molecule has 1 heterocycles. The van der Waals surface area contributed by atoms with Gasteiger partial charge in [0.25, 0.3) is 0 Å². The summed E-state index contributed by atoms with van der Waals surface area (Å²) in [7, 11) is 0. The van der Waals surface area contributed by atoms with E-state index in [4.69, 9.17) is 0 Å². The van der Waals surface area contributed by atoms with Gasteiger partial charge in [0.1, 0.15) is 11.2 Å². The fourth-order valence-electron chi connectivity index (χ4n) is 4.29. The molecule has 4 heteroatoms. The van der Waals surface area contributed by atoms with Gasteiger partial charge in [0.2, 0.25) is 0 Å². The molecule has 3 aromatic rings. The summed E-state index contributed by atoms with van der Waals surface area (Å²) in [5, 5.41) is 10.3. The maximum Gasteiger partial charge on any atom is 0.123 e. The van der Waals surface area contributed by atoms with Gasteiger partial charge in [0.05, 0.1) is 6.07 Å². The fourth-order valence-corrected chi connectivity index (χ4v) is 4.29. The van der Waals surface area contributed by atoms with E-state index in [1.807, 2.05) is 48.5 Å². The van der Waals surface area contributed by atoms with Crippen molar-refractivity contribution in [3.05, 3.63) is 102 Å². The topological polar surface area (TPSA) is 30.3 Å². The molecule has 0 unspecified atom stereocenters. The van der Waals surface area contributed by atoms with Crippen LogP contribution in [-0.4, -0.2) is 37.6 Å². The highest BCUT2D eigenvalue weighted by atomic mass is 19.1. The van der Waals surface area contributed by atoms with Crippen LogP contribution >= 0.6 is 0 Å². The van der Waals surface area contributed by atoms with Crippen LogP contribution in [0.5, 0.6) is 0 Å². The van der Waals surface area contributed by atoms with Gasteiger partial charge in [-0.3, -0.25) is 4.90 Å². The van der Waals surface area contributed by atoms with E-state index in [9.17, 15) is 9.65 Å². The Morgan fingerprint density at radius 1 is 0.767 bits per heavy atom. The van der Waals surface area contributed by atoms with Gasteiger partial charge in [-0.1, -0.05) is 60.7 Å². The molecule has 0 atom stereocenters. The Balaban J connectivity index is 1.46. The fraction of sp³-hybridized carbons (Fsp3) is 0.269. The molecule has 0 aromatic heterocycles. The first-order valence-electron chi connectivity index (χ1n) is 10.5. The van der Waals surface area contributed by atoms with Crippen molar-refractivity contribution in [1.29, 1.82) is 5.26 Å². The van der Waals surface area contributed by atoms with Crippen molar-refractivity contribution in [1.82, 2.24) is 4.90 Å². The highest BCUT2D eigenvalue weighted by Crippen LogP contribution is 2.35. The molecular formula is C26H26FN3. The first-order valence-corrected chi connectivity index (χ1v) is 10.5. The van der Waals surface area contributed by atoms with Gasteiger partial charge < -0.3 is 4.90 Å². The van der Waals surface area contributed by atoms with Crippen LogP contribution in [0.15, 0.2) is 84.9 Å². The predicted molar refractivity (Wildman–Crippen MR) is 119 cm³/mol. The van der Waals surface area contributed by atoms with Crippen LogP contribution < -0.4 is 4.90 Å². The van der Waals surface area contributed by atoms with Crippen LogP contribution in [0.2, 0.25) is 0 Å². The third-order valence-electron chi connectivity index (χ3n) is 6.09. The van der Waals surface area contributed by atoms with E-state index in [-0.39, 0.29) is 5.82 Å². The number of rotatable bonds is 6. The second-order valence-corrected chi connectivity index (χ2v) is 7.80. The van der Waals surface area contributed by atoms with Crippen LogP contribution in [0.4, 0.5) is 10.1 Å². The number of nitrogens with zero attached hydrogens (tertiary/aromatic N) is 3. The Labute approximate surface area is 178 Å². The molecule has 4 rings (SSSR count). The summed E-state index contributed by atoms with van der Waals surface area (Å²) >= 11 is 0. The van der Waals surface area contributed by atoms with Crippen molar-refractivity contribution < 1.29 is 4.39 Å². The minimum absolute atomic E-state index is 0.202. The number of hydrogen-bond acceptors (Lipinski definition) is 3. The van der Waals surface area contributed by atoms with Crippen LogP contribution in [-0.2, 0) is 5.41 Å². The Bertz CT molecular complexity index is 933. The lowest BCUT2D eigenvalue weighted by molar-refractivity contribution is 0.244. The van der Waals surface area contributed by atoms with E-state index >= 15 is 0 Å². The zero-order chi connectivity index (χ0) is 20.8. The molecular weight excluding hydrogens is 373 g/mol. The summed E-state index contributed by atoms with van der Waals surface area (Å²) < 4.78 is 13.2. The maximum atomic E-state index is 13.2. The van der Waals surface area contributed by atoms with E-state index in [0.717, 1.165) is 56.0 Å². The summed E-state index contributed by atoms with van der Waals surface area (Å²) in [5.41, 5.74) is 2.50. The van der Waals surface area contributed by atoms with Gasteiger partial charge in [-0.2, -0.15) is 5.26 Å². The van der Waals surface area contributed by atoms with Crippen molar-refractivity contribution in [2.24, 2.45) is 0 Å². The Morgan fingerprint density at radius 3 is 1.80 bits per heavy atom. The van der Waals surface area contributed by atoms with Crippen molar-refractivity contribution >= 4 is 5.69 Å². The van der Waals surface area contributed by atoms with Crippen LogP contribution in [0.25, 0.3) is 0 Å². The average molecular weight is 400 g/mol. The van der Waals surface area contributed by atoms with Gasteiger partial charge in [-0.05, 0) is 41.8 Å². The number of piperazine rings is 1. The minimum atomic E-state index is -0.656. The predicted octanol–water partition coefficient (Wildman–Crippen LogP) is 4.85. The first-order chi connectivity index (χ1) is 14.7. The number of anilines is 1. The molecule has 0 saturated carbocycles. The van der Waals surface area contributed by atoms with Crippen LogP contribution in [0.1, 0.15) is 17.5 Å².